The Morgan fingerprint density at radius 2 is 1.66 bits per heavy atom. The van der Waals surface area contributed by atoms with E-state index in [0.29, 0.717) is 6.04 Å². The molecule has 0 amide bonds. The quantitative estimate of drug-likeness (QED) is 0.626. The smallest absolute Gasteiger partial charge is 0.161 e. The summed E-state index contributed by atoms with van der Waals surface area (Å²) in [7, 11) is 7.37. The molecule has 0 spiro atoms. The van der Waals surface area contributed by atoms with E-state index in [2.05, 4.69) is 31.3 Å². The van der Waals surface area contributed by atoms with Crippen LogP contribution >= 0.6 is 0 Å². The minimum atomic E-state index is 0. The highest BCUT2D eigenvalue weighted by Gasteiger charge is 2.39. The van der Waals surface area contributed by atoms with Crippen molar-refractivity contribution < 1.29 is 36.2 Å². The van der Waals surface area contributed by atoms with Gasteiger partial charge < -0.3 is 36.2 Å². The molecule has 5 nitrogen and oxygen atoms in total. The maximum Gasteiger partial charge on any atom is 0.161 e. The average molecular weight is 422 g/mol. The number of hydrogen-bond acceptors (Lipinski definition) is 4. The number of likely N-dealkylation sites (N-methyl/N-ethyl adjacent to an activating group) is 1. The molecule has 0 aromatic heterocycles. The molecular weight excluding hydrogens is 390 g/mol. The number of fused-ring (bicyclic) bond motifs is 1. The predicted octanol–water partition coefficient (Wildman–Crippen LogP) is 0.385. The van der Waals surface area contributed by atoms with Crippen LogP contribution in [0.4, 0.5) is 0 Å². The largest absolute Gasteiger partial charge is 1.00 e. The number of ether oxygens (including phenoxy) is 3. The molecular formula is C23H32ClNO4. The monoisotopic (exact) mass is 421 g/mol. The van der Waals surface area contributed by atoms with E-state index in [1.54, 1.807) is 21.3 Å². The number of benzene rings is 2. The van der Waals surface area contributed by atoms with Gasteiger partial charge in [-0.25, -0.2) is 0 Å². The van der Waals surface area contributed by atoms with Gasteiger partial charge >= 0.3 is 0 Å². The molecule has 0 unspecified atom stereocenters. The molecule has 0 saturated carbocycles. The van der Waals surface area contributed by atoms with Crippen LogP contribution in [0.15, 0.2) is 36.4 Å². The van der Waals surface area contributed by atoms with Gasteiger partial charge in [-0.2, -0.15) is 0 Å². The molecule has 0 bridgehead atoms. The van der Waals surface area contributed by atoms with Gasteiger partial charge in [0.05, 0.1) is 41.5 Å². The van der Waals surface area contributed by atoms with Gasteiger partial charge in [0.15, 0.2) is 11.5 Å². The molecule has 3 rings (SSSR count). The highest BCUT2D eigenvalue weighted by Crippen LogP contribution is 2.42. The first-order chi connectivity index (χ1) is 13.5. The van der Waals surface area contributed by atoms with Crippen molar-refractivity contribution in [1.29, 1.82) is 0 Å². The Morgan fingerprint density at radius 3 is 2.24 bits per heavy atom. The Balaban J connectivity index is 0.00000300. The van der Waals surface area contributed by atoms with Crippen LogP contribution in [0, 0.1) is 0 Å². The summed E-state index contributed by atoms with van der Waals surface area (Å²) in [6.45, 7) is 2.22. The zero-order chi connectivity index (χ0) is 20.1. The first-order valence-corrected chi connectivity index (χ1v) is 9.87. The summed E-state index contributed by atoms with van der Waals surface area (Å²) in [5.74, 6) is 2.43. The molecule has 29 heavy (non-hydrogen) atoms. The van der Waals surface area contributed by atoms with Crippen molar-refractivity contribution in [3.8, 4) is 17.2 Å². The van der Waals surface area contributed by atoms with Crippen LogP contribution in [0.1, 0.15) is 29.2 Å². The van der Waals surface area contributed by atoms with Gasteiger partial charge in [-0.3, -0.25) is 0 Å². The average Bonchev–Trinajstić information content (AvgIpc) is 2.74. The minimum Gasteiger partial charge on any atom is -1.00 e. The van der Waals surface area contributed by atoms with Crippen molar-refractivity contribution >= 4 is 0 Å². The highest BCUT2D eigenvalue weighted by molar-refractivity contribution is 5.49. The van der Waals surface area contributed by atoms with Crippen LogP contribution in [-0.2, 0) is 12.8 Å². The summed E-state index contributed by atoms with van der Waals surface area (Å²) in [5.41, 5.74) is 3.93. The number of aliphatic hydroxyl groups excluding tert-OH is 1. The summed E-state index contributed by atoms with van der Waals surface area (Å²) in [5, 5.41) is 9.43. The van der Waals surface area contributed by atoms with Gasteiger partial charge in [-0.1, -0.05) is 12.1 Å². The van der Waals surface area contributed by atoms with E-state index >= 15 is 0 Å². The van der Waals surface area contributed by atoms with Crippen LogP contribution < -0.4 is 26.6 Å². The normalized spacial score (nSPS) is 20.4. The number of aliphatic hydroxyl groups is 1. The lowest BCUT2D eigenvalue weighted by Crippen LogP contribution is -3.00. The SMILES string of the molecule is COc1ccc(C[C@@H]2c3cc(OC)c(OC)cc3CC[N@@+]2(C)CCCO)cc1.[Cl-]. The van der Waals surface area contributed by atoms with E-state index in [0.717, 1.165) is 54.1 Å². The number of quaternary nitrogens is 1. The van der Waals surface area contributed by atoms with E-state index in [1.807, 2.05) is 12.1 Å². The van der Waals surface area contributed by atoms with Crippen LogP contribution in [-0.4, -0.2) is 57.7 Å². The van der Waals surface area contributed by atoms with Gasteiger partial charge in [-0.15, -0.1) is 0 Å². The Hall–Kier alpha value is -1.95. The number of methoxy groups -OCH3 is 3. The fourth-order valence-corrected chi connectivity index (χ4v) is 4.35. The van der Waals surface area contributed by atoms with Gasteiger partial charge in [0.2, 0.25) is 0 Å². The Labute approximate surface area is 180 Å². The zero-order valence-electron chi connectivity index (χ0n) is 17.8. The fraction of sp³-hybridized carbons (Fsp3) is 0.478. The van der Waals surface area contributed by atoms with Crippen molar-refractivity contribution in [3.05, 3.63) is 53.1 Å². The molecule has 0 saturated heterocycles. The second kappa shape index (κ2) is 10.2. The first kappa shape index (κ1) is 23.3. The van der Waals surface area contributed by atoms with E-state index < -0.39 is 0 Å². The molecule has 1 aliphatic heterocycles. The summed E-state index contributed by atoms with van der Waals surface area (Å²) < 4.78 is 17.3. The third kappa shape index (κ3) is 4.97. The van der Waals surface area contributed by atoms with Crippen molar-refractivity contribution in [2.24, 2.45) is 0 Å². The van der Waals surface area contributed by atoms with Gasteiger partial charge in [0.25, 0.3) is 0 Å². The lowest BCUT2D eigenvalue weighted by Gasteiger charge is -2.46. The Bertz CT molecular complexity index is 796. The second-order valence-corrected chi connectivity index (χ2v) is 7.73. The standard InChI is InChI=1S/C23H32NO4.ClH/c1-24(11-5-13-25)12-10-18-15-22(27-3)23(28-4)16-20(18)21(24)14-17-6-8-19(26-2)9-7-17;/h6-9,15-16,21,25H,5,10-14H2,1-4H3;1H/q+1;/p-1/t21-,24-;/m1./s1. The maximum atomic E-state index is 9.43. The van der Waals surface area contributed by atoms with Crippen LogP contribution in [0.5, 0.6) is 17.2 Å². The third-order valence-electron chi connectivity index (χ3n) is 6.06. The first-order valence-electron chi connectivity index (χ1n) is 9.87. The summed E-state index contributed by atoms with van der Waals surface area (Å²) in [6, 6.07) is 12.9. The molecule has 6 heteroatoms. The van der Waals surface area contributed by atoms with Gasteiger partial charge in [-0.05, 0) is 35.4 Å². The summed E-state index contributed by atoms with van der Waals surface area (Å²) >= 11 is 0. The van der Waals surface area contributed by atoms with E-state index in [-0.39, 0.29) is 19.0 Å². The van der Waals surface area contributed by atoms with E-state index in [4.69, 9.17) is 14.2 Å². The van der Waals surface area contributed by atoms with Crippen molar-refractivity contribution in [1.82, 2.24) is 0 Å². The topological polar surface area (TPSA) is 47.9 Å². The number of halogens is 1. The molecule has 0 fully saturated rings. The summed E-state index contributed by atoms with van der Waals surface area (Å²) in [4.78, 5) is 0. The summed E-state index contributed by atoms with van der Waals surface area (Å²) in [6.07, 6.45) is 2.73. The van der Waals surface area contributed by atoms with Crippen LogP contribution in [0.25, 0.3) is 0 Å². The molecule has 0 aliphatic carbocycles. The maximum absolute atomic E-state index is 9.43. The fourth-order valence-electron chi connectivity index (χ4n) is 4.35. The van der Waals surface area contributed by atoms with Crippen LogP contribution in [0.3, 0.4) is 0 Å². The second-order valence-electron chi connectivity index (χ2n) is 7.73. The number of rotatable bonds is 8. The van der Waals surface area contributed by atoms with Crippen molar-refractivity contribution in [3.63, 3.8) is 0 Å². The van der Waals surface area contributed by atoms with Gasteiger partial charge in [0, 0.05) is 31.4 Å². The molecule has 1 N–H and O–H groups in total. The molecule has 1 heterocycles. The number of nitrogens with zero attached hydrogens (tertiary/aromatic N) is 1. The molecule has 2 aromatic carbocycles. The predicted molar refractivity (Wildman–Crippen MR) is 110 cm³/mol. The van der Waals surface area contributed by atoms with Gasteiger partial charge in [0.1, 0.15) is 11.8 Å². The van der Waals surface area contributed by atoms with E-state index in [9.17, 15) is 5.11 Å². The van der Waals surface area contributed by atoms with Crippen molar-refractivity contribution in [2.45, 2.75) is 25.3 Å². The molecule has 2 atom stereocenters. The Kier molecular flexibility index (Phi) is 8.20. The van der Waals surface area contributed by atoms with E-state index in [1.165, 1.54) is 16.7 Å². The molecule has 160 valence electrons. The minimum absolute atomic E-state index is 0. The Morgan fingerprint density at radius 1 is 1.00 bits per heavy atom. The lowest BCUT2D eigenvalue weighted by molar-refractivity contribution is -0.941. The molecule has 2 aromatic rings. The lowest BCUT2D eigenvalue weighted by atomic mass is 9.86. The molecule has 1 aliphatic rings. The third-order valence-corrected chi connectivity index (χ3v) is 6.06. The molecule has 0 radical (unpaired) electrons. The van der Waals surface area contributed by atoms with Crippen molar-refractivity contribution in [2.75, 3.05) is 48.1 Å². The highest BCUT2D eigenvalue weighted by atomic mass is 35.5. The zero-order valence-corrected chi connectivity index (χ0v) is 18.5. The van der Waals surface area contributed by atoms with Crippen LogP contribution in [0.2, 0.25) is 0 Å². The number of hydrogen-bond donors (Lipinski definition) is 1.